The molecule has 0 saturated carbocycles. The number of hydrogen-bond acceptors (Lipinski definition) is 9. The van der Waals surface area contributed by atoms with Gasteiger partial charge >= 0.3 is 5.76 Å². The van der Waals surface area contributed by atoms with Crippen LogP contribution in [-0.4, -0.2) is 80.0 Å². The standard InChI is InChI=1S/C20H24N6O5S/c1-23-16-14-15(2-3-17(16)31-20(23)27)32(28,29)26-8-6-24(7-9-26)18-4-5-19(22-21-18)25-10-12-30-13-11-25/h2-5,14H,6-13H2,1H3. The predicted octanol–water partition coefficient (Wildman–Crippen LogP) is 0.269. The Morgan fingerprint density at radius 1 is 0.875 bits per heavy atom. The highest BCUT2D eigenvalue weighted by molar-refractivity contribution is 7.89. The highest BCUT2D eigenvalue weighted by Crippen LogP contribution is 2.24. The normalized spacial score (nSPS) is 18.4. The number of aromatic nitrogens is 3. The van der Waals surface area contributed by atoms with Crippen molar-refractivity contribution in [2.24, 2.45) is 7.05 Å². The maximum atomic E-state index is 13.2. The first-order valence-corrected chi connectivity index (χ1v) is 11.9. The van der Waals surface area contributed by atoms with E-state index in [-0.39, 0.29) is 4.90 Å². The van der Waals surface area contributed by atoms with Gasteiger partial charge in [-0.3, -0.25) is 4.57 Å². The molecule has 11 nitrogen and oxygen atoms in total. The molecular weight excluding hydrogens is 436 g/mol. The molecule has 32 heavy (non-hydrogen) atoms. The lowest BCUT2D eigenvalue weighted by Gasteiger charge is -2.34. The Labute approximate surface area is 184 Å². The van der Waals surface area contributed by atoms with Crippen molar-refractivity contribution in [1.82, 2.24) is 19.1 Å². The summed E-state index contributed by atoms with van der Waals surface area (Å²) in [4.78, 5) is 16.0. The van der Waals surface area contributed by atoms with Crippen LogP contribution in [0.25, 0.3) is 11.1 Å². The molecule has 0 N–H and O–H groups in total. The van der Waals surface area contributed by atoms with Crippen LogP contribution in [0.4, 0.5) is 11.6 Å². The third-order valence-corrected chi connectivity index (χ3v) is 7.83. The number of nitrogens with zero attached hydrogens (tertiary/aromatic N) is 6. The molecule has 3 aromatic rings. The van der Waals surface area contributed by atoms with Gasteiger partial charge < -0.3 is 19.0 Å². The number of oxazole rings is 1. The van der Waals surface area contributed by atoms with Gasteiger partial charge in [0.15, 0.2) is 17.2 Å². The SMILES string of the molecule is Cn1c(=O)oc2ccc(S(=O)(=O)N3CCN(c4ccc(N5CCOCC5)nn4)CC3)cc21. The van der Waals surface area contributed by atoms with Gasteiger partial charge in [0.25, 0.3) is 0 Å². The first-order valence-electron chi connectivity index (χ1n) is 10.4. The van der Waals surface area contributed by atoms with Crippen LogP contribution < -0.4 is 15.6 Å². The van der Waals surface area contributed by atoms with Gasteiger partial charge in [0.05, 0.1) is 23.6 Å². The van der Waals surface area contributed by atoms with Crippen LogP contribution >= 0.6 is 0 Å². The molecule has 4 heterocycles. The van der Waals surface area contributed by atoms with Gasteiger partial charge in [-0.15, -0.1) is 10.2 Å². The molecule has 0 spiro atoms. The maximum Gasteiger partial charge on any atom is 0.419 e. The summed E-state index contributed by atoms with van der Waals surface area (Å²) in [6, 6.07) is 8.35. The van der Waals surface area contributed by atoms with Crippen molar-refractivity contribution < 1.29 is 17.6 Å². The Hall–Kier alpha value is -2.96. The fourth-order valence-corrected chi connectivity index (χ4v) is 5.46. The molecule has 0 unspecified atom stereocenters. The second-order valence-electron chi connectivity index (χ2n) is 7.80. The summed E-state index contributed by atoms with van der Waals surface area (Å²) in [6.07, 6.45) is 0. The van der Waals surface area contributed by atoms with Gasteiger partial charge in [-0.25, -0.2) is 13.2 Å². The zero-order chi connectivity index (χ0) is 22.3. The fraction of sp³-hybridized carbons (Fsp3) is 0.450. The quantitative estimate of drug-likeness (QED) is 0.541. The number of piperazine rings is 1. The molecule has 12 heteroatoms. The van der Waals surface area contributed by atoms with Crippen molar-refractivity contribution in [3.63, 3.8) is 0 Å². The fourth-order valence-electron chi connectivity index (χ4n) is 4.02. The number of hydrogen-bond donors (Lipinski definition) is 0. The minimum atomic E-state index is -3.69. The highest BCUT2D eigenvalue weighted by atomic mass is 32.2. The van der Waals surface area contributed by atoms with Crippen molar-refractivity contribution in [3.8, 4) is 0 Å². The second kappa shape index (κ2) is 8.19. The Morgan fingerprint density at radius 2 is 1.50 bits per heavy atom. The maximum absolute atomic E-state index is 13.2. The molecule has 1 aromatic carbocycles. The van der Waals surface area contributed by atoms with E-state index in [4.69, 9.17) is 9.15 Å². The molecule has 2 saturated heterocycles. The topological polar surface area (TPSA) is 114 Å². The Bertz CT molecular complexity index is 1270. The summed E-state index contributed by atoms with van der Waals surface area (Å²) < 4.78 is 39.5. The number of benzene rings is 1. The van der Waals surface area contributed by atoms with Gasteiger partial charge in [-0.2, -0.15) is 4.31 Å². The largest absolute Gasteiger partial charge is 0.419 e. The van der Waals surface area contributed by atoms with Crippen molar-refractivity contribution >= 4 is 32.8 Å². The van der Waals surface area contributed by atoms with E-state index < -0.39 is 15.8 Å². The third-order valence-electron chi connectivity index (χ3n) is 5.93. The van der Waals surface area contributed by atoms with E-state index in [1.165, 1.54) is 27.1 Å². The van der Waals surface area contributed by atoms with Crippen molar-refractivity contribution in [1.29, 1.82) is 0 Å². The van der Waals surface area contributed by atoms with E-state index in [0.29, 0.717) is 50.5 Å². The third kappa shape index (κ3) is 3.74. The number of morpholine rings is 1. The van der Waals surface area contributed by atoms with Crippen LogP contribution in [0.3, 0.4) is 0 Å². The van der Waals surface area contributed by atoms with Gasteiger partial charge in [0, 0.05) is 46.3 Å². The van der Waals surface area contributed by atoms with E-state index in [0.717, 1.165) is 24.7 Å². The van der Waals surface area contributed by atoms with E-state index in [2.05, 4.69) is 15.1 Å². The van der Waals surface area contributed by atoms with Crippen molar-refractivity contribution in [2.45, 2.75) is 4.90 Å². The first-order chi connectivity index (χ1) is 15.4. The zero-order valence-corrected chi connectivity index (χ0v) is 18.5. The summed E-state index contributed by atoms with van der Waals surface area (Å²) in [5.41, 5.74) is 0.811. The molecule has 0 radical (unpaired) electrons. The van der Waals surface area contributed by atoms with E-state index in [9.17, 15) is 13.2 Å². The summed E-state index contributed by atoms with van der Waals surface area (Å²) in [7, 11) is -2.14. The number of fused-ring (bicyclic) bond motifs is 1. The van der Waals surface area contributed by atoms with Gasteiger partial charge in [-0.1, -0.05) is 0 Å². The molecular formula is C20H24N6O5S. The van der Waals surface area contributed by atoms with E-state index in [1.54, 1.807) is 7.05 Å². The molecule has 0 amide bonds. The van der Waals surface area contributed by atoms with Crippen molar-refractivity contribution in [3.05, 3.63) is 40.9 Å². The Kier molecular flexibility index (Phi) is 5.35. The molecule has 170 valence electrons. The van der Waals surface area contributed by atoms with Crippen LogP contribution in [0.5, 0.6) is 0 Å². The van der Waals surface area contributed by atoms with Gasteiger partial charge in [0.1, 0.15) is 0 Å². The minimum Gasteiger partial charge on any atom is -0.408 e. The number of sulfonamides is 1. The summed E-state index contributed by atoms with van der Waals surface area (Å²) in [5.74, 6) is 1.03. The van der Waals surface area contributed by atoms with Crippen LogP contribution in [0.2, 0.25) is 0 Å². The summed E-state index contributed by atoms with van der Waals surface area (Å²) >= 11 is 0. The minimum absolute atomic E-state index is 0.143. The van der Waals surface area contributed by atoms with Gasteiger partial charge in [0.2, 0.25) is 10.0 Å². The Morgan fingerprint density at radius 3 is 2.12 bits per heavy atom. The van der Waals surface area contributed by atoms with Crippen LogP contribution in [0, 0.1) is 0 Å². The molecule has 0 bridgehead atoms. The van der Waals surface area contributed by atoms with Gasteiger partial charge in [-0.05, 0) is 30.3 Å². The highest BCUT2D eigenvalue weighted by Gasteiger charge is 2.30. The molecule has 2 aliphatic heterocycles. The molecule has 2 aliphatic rings. The predicted molar refractivity (Wildman–Crippen MR) is 117 cm³/mol. The van der Waals surface area contributed by atoms with E-state index >= 15 is 0 Å². The first kappa shape index (κ1) is 20.9. The zero-order valence-electron chi connectivity index (χ0n) is 17.7. The summed E-state index contributed by atoms with van der Waals surface area (Å²) in [5, 5.41) is 8.69. The summed E-state index contributed by atoms with van der Waals surface area (Å²) in [6.45, 7) is 4.64. The smallest absolute Gasteiger partial charge is 0.408 e. The molecule has 2 aromatic heterocycles. The molecule has 0 aliphatic carbocycles. The van der Waals surface area contributed by atoms with Crippen LogP contribution in [0.15, 0.2) is 44.4 Å². The monoisotopic (exact) mass is 460 g/mol. The average Bonchev–Trinajstić information content (AvgIpc) is 3.12. The number of ether oxygens (including phenoxy) is 1. The number of aryl methyl sites for hydroxylation is 1. The van der Waals surface area contributed by atoms with E-state index in [1.807, 2.05) is 17.0 Å². The molecule has 0 atom stereocenters. The lowest BCUT2D eigenvalue weighted by Crippen LogP contribution is -2.49. The second-order valence-corrected chi connectivity index (χ2v) is 9.73. The Balaban J connectivity index is 1.27. The number of anilines is 2. The van der Waals surface area contributed by atoms with Crippen LogP contribution in [-0.2, 0) is 21.8 Å². The lowest BCUT2D eigenvalue weighted by atomic mass is 10.3. The lowest BCUT2D eigenvalue weighted by molar-refractivity contribution is 0.122. The molecule has 5 rings (SSSR count). The average molecular weight is 461 g/mol. The van der Waals surface area contributed by atoms with Crippen LogP contribution in [0.1, 0.15) is 0 Å². The molecule has 2 fully saturated rings. The number of rotatable bonds is 4. The van der Waals surface area contributed by atoms with Crippen molar-refractivity contribution in [2.75, 3.05) is 62.3 Å².